The summed E-state index contributed by atoms with van der Waals surface area (Å²) in [6.45, 7) is 5.23. The minimum atomic E-state index is 0.152. The molecule has 0 saturated carbocycles. The fourth-order valence-corrected chi connectivity index (χ4v) is 2.34. The molecular weight excluding hydrogens is 258 g/mol. The number of amides is 1. The number of carbonyl (C=O) groups excluding carboxylic acids is 1. The van der Waals surface area contributed by atoms with Gasteiger partial charge in [-0.2, -0.15) is 5.10 Å². The molecule has 0 N–H and O–H groups in total. The fraction of sp³-hybridized carbons (Fsp3) is 0.600. The molecule has 0 radical (unpaired) electrons. The number of aromatic nitrogens is 2. The second-order valence-electron chi connectivity index (χ2n) is 4.05. The molecular formula is C10H14BrN3O. The van der Waals surface area contributed by atoms with Gasteiger partial charge in [-0.25, -0.2) is 0 Å². The maximum absolute atomic E-state index is 11.9. The normalized spacial score (nSPS) is 16.8. The van der Waals surface area contributed by atoms with E-state index in [9.17, 15) is 4.79 Å². The van der Waals surface area contributed by atoms with Crippen LogP contribution in [0.4, 0.5) is 0 Å². The number of nitrogens with zero attached hydrogens (tertiary/aromatic N) is 3. The molecule has 82 valence electrons. The first-order valence-corrected chi connectivity index (χ1v) is 5.89. The van der Waals surface area contributed by atoms with E-state index in [0.717, 1.165) is 23.3 Å². The SMILES string of the molecule is CC(C)N1CCc2cc(Br)nn2CC1=O. The molecule has 2 heterocycles. The predicted octanol–water partition coefficient (Wildman–Crippen LogP) is 1.44. The zero-order chi connectivity index (χ0) is 11.0. The topological polar surface area (TPSA) is 38.1 Å². The molecule has 1 amide bonds. The quantitative estimate of drug-likeness (QED) is 0.775. The molecule has 4 nitrogen and oxygen atoms in total. The van der Waals surface area contributed by atoms with Gasteiger partial charge in [-0.05, 0) is 35.8 Å². The van der Waals surface area contributed by atoms with Crippen molar-refractivity contribution < 1.29 is 4.79 Å². The first kappa shape index (κ1) is 10.7. The van der Waals surface area contributed by atoms with Gasteiger partial charge in [0, 0.05) is 24.7 Å². The van der Waals surface area contributed by atoms with E-state index in [4.69, 9.17) is 0 Å². The maximum Gasteiger partial charge on any atom is 0.244 e. The van der Waals surface area contributed by atoms with E-state index >= 15 is 0 Å². The van der Waals surface area contributed by atoms with E-state index in [1.54, 1.807) is 4.68 Å². The third kappa shape index (κ3) is 2.07. The first-order chi connectivity index (χ1) is 7.08. The summed E-state index contributed by atoms with van der Waals surface area (Å²) in [5.74, 6) is 0.152. The molecule has 0 bridgehead atoms. The average Bonchev–Trinajstić information content (AvgIpc) is 2.38. The molecule has 2 rings (SSSR count). The van der Waals surface area contributed by atoms with Gasteiger partial charge in [0.15, 0.2) is 0 Å². The molecule has 5 heteroatoms. The van der Waals surface area contributed by atoms with Gasteiger partial charge in [-0.1, -0.05) is 0 Å². The molecule has 1 aromatic heterocycles. The Hall–Kier alpha value is -0.840. The summed E-state index contributed by atoms with van der Waals surface area (Å²) >= 11 is 3.33. The van der Waals surface area contributed by atoms with Crippen LogP contribution in [0.5, 0.6) is 0 Å². The van der Waals surface area contributed by atoms with E-state index in [2.05, 4.69) is 21.0 Å². The smallest absolute Gasteiger partial charge is 0.244 e. The van der Waals surface area contributed by atoms with Gasteiger partial charge in [0.1, 0.15) is 11.1 Å². The Kier molecular flexibility index (Phi) is 2.82. The summed E-state index contributed by atoms with van der Waals surface area (Å²) in [5, 5.41) is 4.24. The van der Waals surface area contributed by atoms with Gasteiger partial charge >= 0.3 is 0 Å². The summed E-state index contributed by atoms with van der Waals surface area (Å²) in [6.07, 6.45) is 0.878. The predicted molar refractivity (Wildman–Crippen MR) is 60.5 cm³/mol. The Bertz CT molecular complexity index is 386. The number of halogens is 1. The van der Waals surface area contributed by atoms with E-state index in [0.29, 0.717) is 6.54 Å². The van der Waals surface area contributed by atoms with Crippen LogP contribution in [0.25, 0.3) is 0 Å². The Balaban J connectivity index is 2.24. The van der Waals surface area contributed by atoms with Gasteiger partial charge in [0.05, 0.1) is 0 Å². The van der Waals surface area contributed by atoms with Crippen LogP contribution >= 0.6 is 15.9 Å². The van der Waals surface area contributed by atoms with E-state index < -0.39 is 0 Å². The Labute approximate surface area is 97.4 Å². The standard InChI is InChI=1S/C10H14BrN3O/c1-7(2)13-4-3-8-5-9(11)12-14(8)6-10(13)15/h5,7H,3-4,6H2,1-2H3. The van der Waals surface area contributed by atoms with Crippen molar-refractivity contribution in [1.82, 2.24) is 14.7 Å². The summed E-state index contributed by atoms with van der Waals surface area (Å²) in [7, 11) is 0. The minimum absolute atomic E-state index is 0.152. The number of carbonyl (C=O) groups is 1. The molecule has 0 spiro atoms. The molecule has 1 aromatic rings. The largest absolute Gasteiger partial charge is 0.338 e. The van der Waals surface area contributed by atoms with E-state index in [1.165, 1.54) is 0 Å². The zero-order valence-electron chi connectivity index (χ0n) is 8.90. The number of hydrogen-bond donors (Lipinski definition) is 0. The molecule has 0 aromatic carbocycles. The Morgan fingerprint density at radius 2 is 2.27 bits per heavy atom. The number of rotatable bonds is 1. The van der Waals surface area contributed by atoms with Crippen LogP contribution < -0.4 is 0 Å². The second-order valence-corrected chi connectivity index (χ2v) is 4.86. The molecule has 0 unspecified atom stereocenters. The van der Waals surface area contributed by atoms with Gasteiger partial charge in [-0.15, -0.1) is 0 Å². The second kappa shape index (κ2) is 3.96. The third-order valence-electron chi connectivity index (χ3n) is 2.67. The first-order valence-electron chi connectivity index (χ1n) is 5.09. The van der Waals surface area contributed by atoms with Crippen molar-refractivity contribution in [2.24, 2.45) is 0 Å². The molecule has 0 atom stereocenters. The molecule has 0 aliphatic carbocycles. The lowest BCUT2D eigenvalue weighted by Gasteiger charge is -2.24. The lowest BCUT2D eigenvalue weighted by molar-refractivity contribution is -0.133. The van der Waals surface area contributed by atoms with Crippen molar-refractivity contribution in [1.29, 1.82) is 0 Å². The summed E-state index contributed by atoms with van der Waals surface area (Å²) in [6, 6.07) is 2.25. The average molecular weight is 272 g/mol. The van der Waals surface area contributed by atoms with Crippen LogP contribution in [0.1, 0.15) is 19.5 Å². The summed E-state index contributed by atoms with van der Waals surface area (Å²) in [5.41, 5.74) is 1.12. The van der Waals surface area contributed by atoms with Crippen molar-refractivity contribution in [2.75, 3.05) is 6.54 Å². The third-order valence-corrected chi connectivity index (χ3v) is 3.06. The van der Waals surface area contributed by atoms with E-state index in [1.807, 2.05) is 24.8 Å². The van der Waals surface area contributed by atoms with Crippen molar-refractivity contribution in [2.45, 2.75) is 32.9 Å². The Morgan fingerprint density at radius 3 is 2.93 bits per heavy atom. The van der Waals surface area contributed by atoms with Gasteiger partial charge in [-0.3, -0.25) is 9.48 Å². The van der Waals surface area contributed by atoms with Crippen LogP contribution in [0, 0.1) is 0 Å². The molecule has 0 saturated heterocycles. The monoisotopic (exact) mass is 271 g/mol. The van der Waals surface area contributed by atoms with Crippen LogP contribution in [-0.4, -0.2) is 33.2 Å². The van der Waals surface area contributed by atoms with Crippen molar-refractivity contribution in [3.63, 3.8) is 0 Å². The number of fused-ring (bicyclic) bond motifs is 1. The highest BCUT2D eigenvalue weighted by atomic mass is 79.9. The van der Waals surface area contributed by atoms with Crippen molar-refractivity contribution in [3.8, 4) is 0 Å². The number of hydrogen-bond acceptors (Lipinski definition) is 2. The highest BCUT2D eigenvalue weighted by molar-refractivity contribution is 9.10. The zero-order valence-corrected chi connectivity index (χ0v) is 10.5. The van der Waals surface area contributed by atoms with Crippen LogP contribution in [0.2, 0.25) is 0 Å². The lowest BCUT2D eigenvalue weighted by Crippen LogP contribution is -2.38. The minimum Gasteiger partial charge on any atom is -0.338 e. The Morgan fingerprint density at radius 1 is 1.53 bits per heavy atom. The molecule has 1 aliphatic heterocycles. The summed E-state index contributed by atoms with van der Waals surface area (Å²) < 4.78 is 2.60. The lowest BCUT2D eigenvalue weighted by atomic mass is 10.2. The van der Waals surface area contributed by atoms with Gasteiger partial charge < -0.3 is 4.90 Å². The highest BCUT2D eigenvalue weighted by Gasteiger charge is 2.23. The van der Waals surface area contributed by atoms with E-state index in [-0.39, 0.29) is 11.9 Å². The van der Waals surface area contributed by atoms with Crippen LogP contribution in [0.15, 0.2) is 10.7 Å². The fourth-order valence-electron chi connectivity index (χ4n) is 1.88. The van der Waals surface area contributed by atoms with Crippen molar-refractivity contribution >= 4 is 21.8 Å². The highest BCUT2D eigenvalue weighted by Crippen LogP contribution is 2.16. The molecule has 0 fully saturated rings. The van der Waals surface area contributed by atoms with Crippen molar-refractivity contribution in [3.05, 3.63) is 16.4 Å². The maximum atomic E-state index is 11.9. The molecule has 1 aliphatic rings. The van der Waals surface area contributed by atoms with Gasteiger partial charge in [0.25, 0.3) is 0 Å². The van der Waals surface area contributed by atoms with Gasteiger partial charge in [0.2, 0.25) is 5.91 Å². The summed E-state index contributed by atoms with van der Waals surface area (Å²) in [4.78, 5) is 13.8. The van der Waals surface area contributed by atoms with Crippen LogP contribution in [-0.2, 0) is 17.8 Å². The van der Waals surface area contributed by atoms with Crippen LogP contribution in [0.3, 0.4) is 0 Å². The molecule has 15 heavy (non-hydrogen) atoms.